The Morgan fingerprint density at radius 1 is 1.42 bits per heavy atom. The fourth-order valence-electron chi connectivity index (χ4n) is 0.914. The first-order valence-electron chi connectivity index (χ1n) is 3.69. The van der Waals surface area contributed by atoms with E-state index in [0.717, 1.165) is 0 Å². The van der Waals surface area contributed by atoms with Crippen LogP contribution in [0.15, 0.2) is 0 Å². The third-order valence-electron chi connectivity index (χ3n) is 1.51. The molecule has 1 aliphatic heterocycles. The third-order valence-corrected chi connectivity index (χ3v) is 2.06. The van der Waals surface area contributed by atoms with Gasteiger partial charge in [-0.05, 0) is 0 Å². The molecule has 7 heteroatoms. The van der Waals surface area contributed by atoms with Crippen LogP contribution >= 0.6 is 7.60 Å². The largest absolute Gasteiger partial charge is 0.379 e. The molecule has 0 unspecified atom stereocenters. The van der Waals surface area contributed by atoms with Crippen LogP contribution in [0.2, 0.25) is 0 Å². The number of nitrogens with zero attached hydrogens (tertiary/aromatic N) is 1. The summed E-state index contributed by atoms with van der Waals surface area (Å²) in [7, 11) is -3.93. The summed E-state index contributed by atoms with van der Waals surface area (Å²) in [5, 5.41) is 1.75. The Morgan fingerprint density at radius 3 is 2.50 bits per heavy atom. The van der Waals surface area contributed by atoms with Crippen molar-refractivity contribution in [2.75, 3.05) is 32.6 Å². The third kappa shape index (κ3) is 4.15. The van der Waals surface area contributed by atoms with Gasteiger partial charge in [0.15, 0.2) is 0 Å². The molecule has 0 aromatic heterocycles. The van der Waals surface area contributed by atoms with Crippen LogP contribution in [-0.2, 0) is 9.30 Å². The van der Waals surface area contributed by atoms with E-state index in [0.29, 0.717) is 26.3 Å². The van der Waals surface area contributed by atoms with Crippen LogP contribution in [0.5, 0.6) is 0 Å². The van der Waals surface area contributed by atoms with Gasteiger partial charge in [0.05, 0.1) is 13.2 Å². The number of hydrogen-bond acceptors (Lipinski definition) is 4. The van der Waals surface area contributed by atoms with Crippen LogP contribution in [0.25, 0.3) is 0 Å². The van der Waals surface area contributed by atoms with E-state index in [9.17, 15) is 4.57 Å². The van der Waals surface area contributed by atoms with Gasteiger partial charge in [-0.2, -0.15) is 0 Å². The standard InChI is InChI=1S/C5H13N2O4P/c8-12(9,10)5-6-7-1-3-11-4-2-7/h6H,1-5H2,(H2,8,9,10). The average molecular weight is 196 g/mol. The Hall–Kier alpha value is 0.0300. The maximum Gasteiger partial charge on any atom is 0.340 e. The van der Waals surface area contributed by atoms with Gasteiger partial charge < -0.3 is 14.5 Å². The van der Waals surface area contributed by atoms with Gasteiger partial charge >= 0.3 is 7.60 Å². The molecule has 0 amide bonds. The first-order chi connectivity index (χ1) is 5.58. The van der Waals surface area contributed by atoms with Gasteiger partial charge in [-0.25, -0.2) is 10.4 Å². The number of rotatable bonds is 3. The van der Waals surface area contributed by atoms with E-state index in [-0.39, 0.29) is 6.29 Å². The van der Waals surface area contributed by atoms with E-state index < -0.39 is 7.60 Å². The molecule has 1 heterocycles. The summed E-state index contributed by atoms with van der Waals surface area (Å²) in [6, 6.07) is 0. The van der Waals surface area contributed by atoms with E-state index in [4.69, 9.17) is 14.5 Å². The van der Waals surface area contributed by atoms with Crippen LogP contribution in [0, 0.1) is 0 Å². The van der Waals surface area contributed by atoms with Crippen LogP contribution < -0.4 is 5.43 Å². The van der Waals surface area contributed by atoms with Gasteiger partial charge in [0, 0.05) is 13.1 Å². The Kier molecular flexibility index (Phi) is 3.64. The molecular weight excluding hydrogens is 183 g/mol. The number of hydrazine groups is 1. The normalized spacial score (nSPS) is 21.2. The minimum absolute atomic E-state index is 0.299. The highest BCUT2D eigenvalue weighted by atomic mass is 31.2. The Balaban J connectivity index is 2.17. The summed E-state index contributed by atoms with van der Waals surface area (Å²) in [4.78, 5) is 17.1. The highest BCUT2D eigenvalue weighted by molar-refractivity contribution is 7.51. The fourth-order valence-corrected chi connectivity index (χ4v) is 1.30. The lowest BCUT2D eigenvalue weighted by atomic mass is 10.5. The molecule has 0 radical (unpaired) electrons. The Bertz CT molecular complexity index is 176. The van der Waals surface area contributed by atoms with E-state index in [2.05, 4.69) is 5.43 Å². The summed E-state index contributed by atoms with van der Waals surface area (Å²) in [6.07, 6.45) is -0.299. The minimum atomic E-state index is -3.93. The number of morpholine rings is 1. The Labute approximate surface area is 70.6 Å². The lowest BCUT2D eigenvalue weighted by Crippen LogP contribution is -2.45. The molecule has 12 heavy (non-hydrogen) atoms. The molecule has 0 spiro atoms. The zero-order valence-corrected chi connectivity index (χ0v) is 7.54. The van der Waals surface area contributed by atoms with Crippen molar-refractivity contribution in [3.63, 3.8) is 0 Å². The monoisotopic (exact) mass is 196 g/mol. The number of ether oxygens (including phenoxy) is 1. The topological polar surface area (TPSA) is 82.0 Å². The molecule has 0 atom stereocenters. The van der Waals surface area contributed by atoms with Crippen molar-refractivity contribution in [1.82, 2.24) is 10.4 Å². The van der Waals surface area contributed by atoms with Crippen LogP contribution in [-0.4, -0.2) is 47.4 Å². The highest BCUT2D eigenvalue weighted by Gasteiger charge is 2.16. The van der Waals surface area contributed by atoms with E-state index in [1.165, 1.54) is 0 Å². The van der Waals surface area contributed by atoms with Crippen molar-refractivity contribution in [1.29, 1.82) is 0 Å². The van der Waals surface area contributed by atoms with Gasteiger partial charge in [-0.1, -0.05) is 0 Å². The molecule has 1 saturated heterocycles. The predicted molar refractivity (Wildman–Crippen MR) is 42.4 cm³/mol. The SMILES string of the molecule is O=P(O)(O)CNN1CCOCC1. The maximum absolute atomic E-state index is 10.4. The van der Waals surface area contributed by atoms with Crippen LogP contribution in [0.1, 0.15) is 0 Å². The molecule has 1 fully saturated rings. The first-order valence-corrected chi connectivity index (χ1v) is 5.48. The van der Waals surface area contributed by atoms with Crippen molar-refractivity contribution >= 4 is 7.60 Å². The average Bonchev–Trinajstić information content (AvgIpc) is 2.02. The second-order valence-corrected chi connectivity index (χ2v) is 4.23. The lowest BCUT2D eigenvalue weighted by Gasteiger charge is -2.27. The van der Waals surface area contributed by atoms with Crippen LogP contribution in [0.4, 0.5) is 0 Å². The smallest absolute Gasteiger partial charge is 0.340 e. The molecule has 1 rings (SSSR count). The van der Waals surface area contributed by atoms with Crippen molar-refractivity contribution in [2.45, 2.75) is 0 Å². The second kappa shape index (κ2) is 4.32. The fraction of sp³-hybridized carbons (Fsp3) is 1.00. The molecule has 0 bridgehead atoms. The summed E-state index contributed by atoms with van der Waals surface area (Å²) in [5.41, 5.74) is 2.65. The summed E-state index contributed by atoms with van der Waals surface area (Å²) >= 11 is 0. The lowest BCUT2D eigenvalue weighted by molar-refractivity contribution is 0.0146. The Morgan fingerprint density at radius 2 is 2.00 bits per heavy atom. The molecule has 0 aromatic carbocycles. The minimum Gasteiger partial charge on any atom is -0.379 e. The molecule has 72 valence electrons. The van der Waals surface area contributed by atoms with Crippen LogP contribution in [0.3, 0.4) is 0 Å². The van der Waals surface area contributed by atoms with Crippen molar-refractivity contribution < 1.29 is 19.1 Å². The maximum atomic E-state index is 10.4. The number of hydrogen-bond donors (Lipinski definition) is 3. The van der Waals surface area contributed by atoms with Crippen molar-refractivity contribution in [2.24, 2.45) is 0 Å². The predicted octanol–water partition coefficient (Wildman–Crippen LogP) is -1.04. The van der Waals surface area contributed by atoms with E-state index in [1.807, 2.05) is 0 Å². The second-order valence-electron chi connectivity index (χ2n) is 2.58. The summed E-state index contributed by atoms with van der Waals surface area (Å²) in [5.74, 6) is 0. The quantitative estimate of drug-likeness (QED) is 0.500. The molecule has 0 saturated carbocycles. The zero-order valence-electron chi connectivity index (χ0n) is 6.64. The molecule has 6 nitrogen and oxygen atoms in total. The summed E-state index contributed by atoms with van der Waals surface area (Å²) < 4.78 is 15.5. The molecule has 0 aliphatic carbocycles. The van der Waals surface area contributed by atoms with E-state index in [1.54, 1.807) is 5.01 Å². The molecule has 1 aliphatic rings. The van der Waals surface area contributed by atoms with Gasteiger partial charge in [-0.15, -0.1) is 0 Å². The van der Waals surface area contributed by atoms with E-state index >= 15 is 0 Å². The first kappa shape index (κ1) is 10.1. The van der Waals surface area contributed by atoms with Crippen molar-refractivity contribution in [3.05, 3.63) is 0 Å². The van der Waals surface area contributed by atoms with Gasteiger partial charge in [-0.3, -0.25) is 4.57 Å². The highest BCUT2D eigenvalue weighted by Crippen LogP contribution is 2.32. The van der Waals surface area contributed by atoms with Gasteiger partial charge in [0.25, 0.3) is 0 Å². The molecule has 0 aromatic rings. The van der Waals surface area contributed by atoms with Gasteiger partial charge in [0.1, 0.15) is 6.29 Å². The number of nitrogens with one attached hydrogen (secondary N) is 1. The molecule has 3 N–H and O–H groups in total. The molecular formula is C5H13N2O4P. The zero-order chi connectivity index (χ0) is 9.03. The van der Waals surface area contributed by atoms with Crippen molar-refractivity contribution in [3.8, 4) is 0 Å². The van der Waals surface area contributed by atoms with Gasteiger partial charge in [0.2, 0.25) is 0 Å². The summed E-state index contributed by atoms with van der Waals surface area (Å²) in [6.45, 7) is 2.54.